The Morgan fingerprint density at radius 1 is 1.34 bits per heavy atom. The van der Waals surface area contributed by atoms with Crippen LogP contribution in [0.15, 0.2) is 41.9 Å². The third kappa shape index (κ3) is 3.93. The number of thiazole rings is 1. The Kier molecular flexibility index (Phi) is 5.18. The molecule has 148 valence electrons. The summed E-state index contributed by atoms with van der Waals surface area (Å²) >= 11 is 7.21. The summed E-state index contributed by atoms with van der Waals surface area (Å²) in [6.45, 7) is 0. The normalized spacial score (nSPS) is 15.6. The van der Waals surface area contributed by atoms with Crippen LogP contribution in [0.4, 0.5) is 10.9 Å². The van der Waals surface area contributed by atoms with Gasteiger partial charge in [0.25, 0.3) is 5.91 Å². The molecule has 29 heavy (non-hydrogen) atoms. The van der Waals surface area contributed by atoms with Crippen molar-refractivity contribution in [2.45, 2.75) is 12.8 Å². The van der Waals surface area contributed by atoms with Gasteiger partial charge in [-0.15, -0.1) is 11.3 Å². The SMILES string of the molecule is CN1C(=O)c2c(CC(=O)Nc3nc(-c4ccc(Cl)cc4)cs3)ccnc2NC1O. The Balaban J connectivity index is 1.50. The molecule has 2 amide bonds. The molecule has 2 aromatic heterocycles. The molecule has 0 spiro atoms. The van der Waals surface area contributed by atoms with E-state index < -0.39 is 12.3 Å². The molecule has 10 heteroatoms. The van der Waals surface area contributed by atoms with Gasteiger partial charge in [0, 0.05) is 29.2 Å². The minimum Gasteiger partial charge on any atom is -0.356 e. The predicted octanol–water partition coefficient (Wildman–Crippen LogP) is 2.81. The average molecular weight is 430 g/mol. The smallest absolute Gasteiger partial charge is 0.261 e. The molecule has 0 saturated carbocycles. The van der Waals surface area contributed by atoms with E-state index in [0.29, 0.717) is 15.7 Å². The lowest BCUT2D eigenvalue weighted by Gasteiger charge is -2.31. The van der Waals surface area contributed by atoms with Gasteiger partial charge >= 0.3 is 0 Å². The van der Waals surface area contributed by atoms with Crippen molar-refractivity contribution >= 4 is 45.7 Å². The number of amides is 2. The van der Waals surface area contributed by atoms with Gasteiger partial charge in [0.15, 0.2) is 5.13 Å². The van der Waals surface area contributed by atoms with Crippen LogP contribution in [0.1, 0.15) is 15.9 Å². The predicted molar refractivity (Wildman–Crippen MR) is 111 cm³/mol. The van der Waals surface area contributed by atoms with Crippen molar-refractivity contribution < 1.29 is 14.7 Å². The molecule has 1 unspecified atom stereocenters. The van der Waals surface area contributed by atoms with Crippen LogP contribution in [0.5, 0.6) is 0 Å². The van der Waals surface area contributed by atoms with Gasteiger partial charge in [-0.2, -0.15) is 0 Å². The Morgan fingerprint density at radius 2 is 2.10 bits per heavy atom. The fourth-order valence-electron chi connectivity index (χ4n) is 2.92. The molecule has 0 fully saturated rings. The van der Waals surface area contributed by atoms with Crippen molar-refractivity contribution in [2.24, 2.45) is 0 Å². The number of rotatable bonds is 4. The number of aliphatic hydroxyl groups is 1. The molecule has 0 saturated heterocycles. The maximum Gasteiger partial charge on any atom is 0.261 e. The number of hydrogen-bond acceptors (Lipinski definition) is 7. The summed E-state index contributed by atoms with van der Waals surface area (Å²) in [4.78, 5) is 34.7. The molecular formula is C19H16ClN5O3S. The Bertz CT molecular complexity index is 1090. The number of carbonyl (C=O) groups is 2. The van der Waals surface area contributed by atoms with Crippen molar-refractivity contribution in [3.63, 3.8) is 0 Å². The quantitative estimate of drug-likeness (QED) is 0.588. The zero-order chi connectivity index (χ0) is 20.5. The van der Waals surface area contributed by atoms with E-state index in [4.69, 9.17) is 11.6 Å². The fourth-order valence-corrected chi connectivity index (χ4v) is 3.79. The first kappa shape index (κ1) is 19.3. The van der Waals surface area contributed by atoms with Crippen LogP contribution >= 0.6 is 22.9 Å². The lowest BCUT2D eigenvalue weighted by molar-refractivity contribution is -0.115. The van der Waals surface area contributed by atoms with E-state index in [1.54, 1.807) is 18.2 Å². The van der Waals surface area contributed by atoms with E-state index in [9.17, 15) is 14.7 Å². The largest absolute Gasteiger partial charge is 0.356 e. The van der Waals surface area contributed by atoms with Crippen LogP contribution in [-0.4, -0.2) is 45.2 Å². The number of nitrogens with zero attached hydrogens (tertiary/aromatic N) is 3. The van der Waals surface area contributed by atoms with E-state index in [1.165, 1.54) is 24.6 Å². The minimum absolute atomic E-state index is 0.0297. The molecule has 3 heterocycles. The number of pyridine rings is 1. The minimum atomic E-state index is -1.16. The number of aliphatic hydroxyl groups excluding tert-OH is 1. The number of carbonyl (C=O) groups excluding carboxylic acids is 2. The van der Waals surface area contributed by atoms with E-state index in [1.807, 2.05) is 17.5 Å². The Hall–Kier alpha value is -3.01. The van der Waals surface area contributed by atoms with Gasteiger partial charge in [-0.05, 0) is 23.8 Å². The zero-order valence-electron chi connectivity index (χ0n) is 15.2. The summed E-state index contributed by atoms with van der Waals surface area (Å²) < 4.78 is 0. The third-order valence-corrected chi connectivity index (χ3v) is 5.46. The second-order valence-electron chi connectivity index (χ2n) is 6.40. The number of nitrogens with one attached hydrogen (secondary N) is 2. The summed E-state index contributed by atoms with van der Waals surface area (Å²) in [5, 5.41) is 18.3. The van der Waals surface area contributed by atoms with Gasteiger partial charge in [0.1, 0.15) is 5.82 Å². The van der Waals surface area contributed by atoms with E-state index in [-0.39, 0.29) is 23.7 Å². The molecule has 0 radical (unpaired) electrons. The third-order valence-electron chi connectivity index (χ3n) is 4.45. The highest BCUT2D eigenvalue weighted by Crippen LogP contribution is 2.27. The molecular weight excluding hydrogens is 414 g/mol. The van der Waals surface area contributed by atoms with Crippen LogP contribution in [0, 0.1) is 0 Å². The van der Waals surface area contributed by atoms with Crippen molar-refractivity contribution in [3.05, 3.63) is 58.1 Å². The van der Waals surface area contributed by atoms with Gasteiger partial charge < -0.3 is 15.7 Å². The second kappa shape index (κ2) is 7.78. The van der Waals surface area contributed by atoms with Crippen LogP contribution in [0.3, 0.4) is 0 Å². The van der Waals surface area contributed by atoms with Gasteiger partial charge in [0.2, 0.25) is 12.3 Å². The summed E-state index contributed by atoms with van der Waals surface area (Å²) in [7, 11) is 1.47. The highest BCUT2D eigenvalue weighted by molar-refractivity contribution is 7.14. The summed E-state index contributed by atoms with van der Waals surface area (Å²) in [5.74, 6) is -0.455. The molecule has 1 aliphatic rings. The fraction of sp³-hybridized carbons (Fsp3) is 0.158. The molecule has 8 nitrogen and oxygen atoms in total. The number of halogens is 1. The monoisotopic (exact) mass is 429 g/mol. The van der Waals surface area contributed by atoms with Crippen molar-refractivity contribution in [2.75, 3.05) is 17.7 Å². The van der Waals surface area contributed by atoms with Crippen molar-refractivity contribution in [1.29, 1.82) is 0 Å². The summed E-state index contributed by atoms with van der Waals surface area (Å²) in [6, 6.07) is 8.89. The molecule has 0 bridgehead atoms. The lowest BCUT2D eigenvalue weighted by atomic mass is 10.0. The number of fused-ring (bicyclic) bond motifs is 1. The highest BCUT2D eigenvalue weighted by atomic mass is 35.5. The number of anilines is 2. The molecule has 0 aliphatic carbocycles. The van der Waals surface area contributed by atoms with Gasteiger partial charge in [-0.1, -0.05) is 23.7 Å². The maximum atomic E-state index is 12.5. The summed E-state index contributed by atoms with van der Waals surface area (Å²) in [5.41, 5.74) is 2.42. The zero-order valence-corrected chi connectivity index (χ0v) is 16.8. The average Bonchev–Trinajstić information content (AvgIpc) is 3.15. The molecule has 3 N–H and O–H groups in total. The van der Waals surface area contributed by atoms with Crippen LogP contribution < -0.4 is 10.6 Å². The Morgan fingerprint density at radius 3 is 2.86 bits per heavy atom. The molecule has 1 aliphatic heterocycles. The van der Waals surface area contributed by atoms with Gasteiger partial charge in [0.05, 0.1) is 17.7 Å². The van der Waals surface area contributed by atoms with E-state index >= 15 is 0 Å². The second-order valence-corrected chi connectivity index (χ2v) is 7.69. The first-order valence-electron chi connectivity index (χ1n) is 8.63. The number of hydrogen-bond donors (Lipinski definition) is 3. The maximum absolute atomic E-state index is 12.5. The molecule has 1 aromatic carbocycles. The van der Waals surface area contributed by atoms with E-state index in [2.05, 4.69) is 20.6 Å². The topological polar surface area (TPSA) is 107 Å². The van der Waals surface area contributed by atoms with Gasteiger partial charge in [-0.25, -0.2) is 9.97 Å². The highest BCUT2D eigenvalue weighted by Gasteiger charge is 2.31. The van der Waals surface area contributed by atoms with Crippen LogP contribution in [0.2, 0.25) is 5.02 Å². The van der Waals surface area contributed by atoms with Crippen molar-refractivity contribution in [1.82, 2.24) is 14.9 Å². The van der Waals surface area contributed by atoms with Crippen LogP contribution in [-0.2, 0) is 11.2 Å². The Labute approximate surface area is 175 Å². The first-order chi connectivity index (χ1) is 13.9. The standard InChI is InChI=1S/C19H16ClN5O3S/c1-25-17(27)15-11(6-7-21-16(15)24-19(25)28)8-14(26)23-18-22-13(9-29-18)10-2-4-12(20)5-3-10/h2-7,9,19,28H,8H2,1H3,(H,21,24)(H,22,23,26). The van der Waals surface area contributed by atoms with E-state index in [0.717, 1.165) is 16.2 Å². The number of benzene rings is 1. The molecule has 4 rings (SSSR count). The van der Waals surface area contributed by atoms with Crippen molar-refractivity contribution in [3.8, 4) is 11.3 Å². The molecule has 3 aromatic rings. The lowest BCUT2D eigenvalue weighted by Crippen LogP contribution is -2.47. The summed E-state index contributed by atoms with van der Waals surface area (Å²) in [6.07, 6.45) is 0.299. The van der Waals surface area contributed by atoms with Crippen LogP contribution in [0.25, 0.3) is 11.3 Å². The first-order valence-corrected chi connectivity index (χ1v) is 9.89. The number of aromatic nitrogens is 2. The van der Waals surface area contributed by atoms with Gasteiger partial charge in [-0.3, -0.25) is 14.5 Å². The molecule has 1 atom stereocenters.